The molecule has 4 nitrogen and oxygen atoms in total. The Morgan fingerprint density at radius 2 is 1.77 bits per heavy atom. The number of benzene rings is 3. The number of aromatic nitrogens is 3. The van der Waals surface area contributed by atoms with E-state index in [1.54, 1.807) is 0 Å². The smallest absolute Gasteiger partial charge is 0.149 e. The second-order valence-corrected chi connectivity index (χ2v) is 7.97. The zero-order valence-electron chi connectivity index (χ0n) is 17.8. The molecule has 0 bridgehead atoms. The van der Waals surface area contributed by atoms with Gasteiger partial charge >= 0.3 is 0 Å². The molecule has 0 amide bonds. The fourth-order valence-corrected chi connectivity index (χ4v) is 4.21. The van der Waals surface area contributed by atoms with Gasteiger partial charge in [0, 0.05) is 17.1 Å². The maximum absolute atomic E-state index is 9.84. The highest BCUT2D eigenvalue weighted by Crippen LogP contribution is 2.27. The summed E-state index contributed by atoms with van der Waals surface area (Å²) in [6, 6.07) is 25.4. The summed E-state index contributed by atoms with van der Waals surface area (Å²) in [6.07, 6.45) is 1.92. The van der Waals surface area contributed by atoms with Gasteiger partial charge in [0.25, 0.3) is 0 Å². The first-order chi connectivity index (χ1) is 15.0. The van der Waals surface area contributed by atoms with Gasteiger partial charge in [-0.15, -0.1) is 0 Å². The summed E-state index contributed by atoms with van der Waals surface area (Å²) in [5.74, 6) is 0.596. The molecule has 0 unspecified atom stereocenters. The monoisotopic (exact) mass is 402 g/mol. The lowest BCUT2D eigenvalue weighted by atomic mass is 10.1. The average molecular weight is 403 g/mol. The lowest BCUT2D eigenvalue weighted by Gasteiger charge is -2.11. The minimum Gasteiger partial charge on any atom is -0.337 e. The Hall–Kier alpha value is -4.10. The topological polar surface area (TPSA) is 57.4 Å². The molecule has 0 aliphatic carbocycles. The molecule has 2 aromatic heterocycles. The fourth-order valence-electron chi connectivity index (χ4n) is 4.21. The third kappa shape index (κ3) is 3.31. The lowest BCUT2D eigenvalue weighted by Crippen LogP contribution is -1.99. The summed E-state index contributed by atoms with van der Waals surface area (Å²) in [7, 11) is 0. The molecule has 150 valence electrons. The van der Waals surface area contributed by atoms with Gasteiger partial charge in [-0.05, 0) is 79.1 Å². The molecule has 0 fully saturated rings. The summed E-state index contributed by atoms with van der Waals surface area (Å²) >= 11 is 0. The first kappa shape index (κ1) is 18.9. The van der Waals surface area contributed by atoms with Crippen LogP contribution < -0.4 is 0 Å². The number of imidazole rings is 1. The highest BCUT2D eigenvalue weighted by Gasteiger charge is 2.13. The maximum atomic E-state index is 9.84. The highest BCUT2D eigenvalue weighted by molar-refractivity contribution is 5.91. The second kappa shape index (κ2) is 7.30. The van der Waals surface area contributed by atoms with E-state index in [0.29, 0.717) is 11.4 Å². The van der Waals surface area contributed by atoms with Crippen molar-refractivity contribution in [2.24, 2.45) is 0 Å². The normalized spacial score (nSPS) is 11.9. The molecule has 3 aromatic carbocycles. The van der Waals surface area contributed by atoms with Crippen LogP contribution in [0.5, 0.6) is 0 Å². The Morgan fingerprint density at radius 1 is 0.968 bits per heavy atom. The summed E-state index contributed by atoms with van der Waals surface area (Å²) in [5, 5.41) is 12.3. The molecule has 2 heterocycles. The van der Waals surface area contributed by atoms with Gasteiger partial charge in [-0.2, -0.15) is 5.26 Å². The van der Waals surface area contributed by atoms with Crippen LogP contribution in [0.3, 0.4) is 0 Å². The quantitative estimate of drug-likeness (QED) is 0.350. The van der Waals surface area contributed by atoms with Crippen LogP contribution in [0, 0.1) is 32.1 Å². The number of allylic oxidation sites excluding steroid dienone is 1. The Kier molecular flexibility index (Phi) is 4.45. The van der Waals surface area contributed by atoms with Crippen LogP contribution in [-0.4, -0.2) is 14.5 Å². The van der Waals surface area contributed by atoms with Crippen LogP contribution >= 0.6 is 0 Å². The van der Waals surface area contributed by atoms with E-state index in [1.165, 1.54) is 10.8 Å². The molecule has 0 saturated heterocycles. The van der Waals surface area contributed by atoms with Gasteiger partial charge in [0.2, 0.25) is 0 Å². The molecule has 31 heavy (non-hydrogen) atoms. The Labute approximate surface area is 181 Å². The maximum Gasteiger partial charge on any atom is 0.149 e. The number of aryl methyl sites for hydroxylation is 2. The van der Waals surface area contributed by atoms with Gasteiger partial charge in [0.15, 0.2) is 0 Å². The van der Waals surface area contributed by atoms with E-state index < -0.39 is 0 Å². The first-order valence-corrected chi connectivity index (χ1v) is 10.3. The number of rotatable bonds is 3. The predicted octanol–water partition coefficient (Wildman–Crippen LogP) is 6.50. The molecule has 4 heteroatoms. The summed E-state index contributed by atoms with van der Waals surface area (Å²) in [6.45, 7) is 6.23. The third-order valence-corrected chi connectivity index (χ3v) is 5.77. The summed E-state index contributed by atoms with van der Waals surface area (Å²) < 4.78 is 2.23. The Bertz CT molecular complexity index is 1520. The van der Waals surface area contributed by atoms with E-state index >= 15 is 0 Å². The highest BCUT2D eigenvalue weighted by atomic mass is 15.0. The van der Waals surface area contributed by atoms with Crippen LogP contribution in [0.1, 0.15) is 28.3 Å². The van der Waals surface area contributed by atoms with E-state index in [2.05, 4.69) is 83.0 Å². The lowest BCUT2D eigenvalue weighted by molar-refractivity contribution is 0.966. The van der Waals surface area contributed by atoms with Crippen LogP contribution in [0.15, 0.2) is 66.7 Å². The molecule has 1 N–H and O–H groups in total. The molecule has 0 aliphatic rings. The number of nitriles is 1. The first-order valence-electron chi connectivity index (χ1n) is 10.3. The minimum atomic E-state index is 0.521. The van der Waals surface area contributed by atoms with Gasteiger partial charge in [-0.1, -0.05) is 36.4 Å². The van der Waals surface area contributed by atoms with Gasteiger partial charge < -0.3 is 9.55 Å². The van der Waals surface area contributed by atoms with E-state index in [-0.39, 0.29) is 0 Å². The van der Waals surface area contributed by atoms with E-state index in [0.717, 1.165) is 39.2 Å². The number of hydrogen-bond donors (Lipinski definition) is 1. The van der Waals surface area contributed by atoms with Crippen molar-refractivity contribution in [2.45, 2.75) is 20.8 Å². The van der Waals surface area contributed by atoms with E-state index in [4.69, 9.17) is 0 Å². The van der Waals surface area contributed by atoms with Crippen molar-refractivity contribution in [3.63, 3.8) is 0 Å². The molecule has 5 rings (SSSR count). The summed E-state index contributed by atoms with van der Waals surface area (Å²) in [4.78, 5) is 7.91. The van der Waals surface area contributed by atoms with Gasteiger partial charge in [-0.3, -0.25) is 0 Å². The van der Waals surface area contributed by atoms with Gasteiger partial charge in [-0.25, -0.2) is 4.98 Å². The fraction of sp³-hybridized carbons (Fsp3) is 0.111. The number of H-pyrrole nitrogens is 1. The van der Waals surface area contributed by atoms with Crippen molar-refractivity contribution >= 4 is 33.5 Å². The summed E-state index contributed by atoms with van der Waals surface area (Å²) in [5.41, 5.74) is 7.83. The zero-order chi connectivity index (χ0) is 21.5. The number of fused-ring (bicyclic) bond motifs is 2. The van der Waals surface area contributed by atoms with Crippen molar-refractivity contribution < 1.29 is 0 Å². The largest absolute Gasteiger partial charge is 0.337 e. The Morgan fingerprint density at radius 3 is 2.58 bits per heavy atom. The molecular formula is C27H22N4. The number of nitrogens with zero attached hydrogens (tertiary/aromatic N) is 3. The van der Waals surface area contributed by atoms with Crippen molar-refractivity contribution in [3.8, 4) is 11.8 Å². The molecule has 0 aliphatic heterocycles. The number of hydrogen-bond acceptors (Lipinski definition) is 2. The minimum absolute atomic E-state index is 0.521. The second-order valence-electron chi connectivity index (χ2n) is 7.97. The van der Waals surface area contributed by atoms with Gasteiger partial charge in [0.1, 0.15) is 11.9 Å². The SMILES string of the molecule is Cc1ccc2nc(C(C#N)=Cc3cc(C)n(-c4ccc5ccccc5c4)c3C)[nH]c2c1. The molecule has 0 saturated carbocycles. The third-order valence-electron chi connectivity index (χ3n) is 5.77. The van der Waals surface area contributed by atoms with Crippen molar-refractivity contribution in [1.82, 2.24) is 14.5 Å². The zero-order valence-corrected chi connectivity index (χ0v) is 17.8. The average Bonchev–Trinajstić information content (AvgIpc) is 3.31. The van der Waals surface area contributed by atoms with Crippen molar-refractivity contribution in [3.05, 3.63) is 95.1 Å². The van der Waals surface area contributed by atoms with Gasteiger partial charge in [0.05, 0.1) is 16.6 Å². The Balaban J connectivity index is 1.59. The standard InChI is InChI=1S/C27H22N4/c1-17-8-11-25-26(12-17)30-27(29-25)23(16-28)14-22-13-18(2)31(19(22)3)24-10-9-20-6-4-5-7-21(20)15-24/h4-15H,1-3H3,(H,29,30). The molecule has 5 aromatic rings. The van der Waals surface area contributed by atoms with Crippen LogP contribution in [-0.2, 0) is 0 Å². The van der Waals surface area contributed by atoms with Crippen LogP contribution in [0.25, 0.3) is 39.1 Å². The number of aromatic amines is 1. The molecular weight excluding hydrogens is 380 g/mol. The predicted molar refractivity (Wildman–Crippen MR) is 127 cm³/mol. The van der Waals surface area contributed by atoms with Crippen molar-refractivity contribution in [1.29, 1.82) is 5.26 Å². The molecule has 0 radical (unpaired) electrons. The van der Waals surface area contributed by atoms with Crippen molar-refractivity contribution in [2.75, 3.05) is 0 Å². The molecule has 0 spiro atoms. The number of nitrogens with one attached hydrogen (secondary N) is 1. The van der Waals surface area contributed by atoms with Crippen LogP contribution in [0.2, 0.25) is 0 Å². The van der Waals surface area contributed by atoms with E-state index in [1.807, 2.05) is 31.2 Å². The van der Waals surface area contributed by atoms with E-state index in [9.17, 15) is 5.26 Å². The van der Waals surface area contributed by atoms with Crippen LogP contribution in [0.4, 0.5) is 0 Å². The molecule has 0 atom stereocenters.